The van der Waals surface area contributed by atoms with Crippen molar-refractivity contribution in [1.29, 1.82) is 0 Å². The summed E-state index contributed by atoms with van der Waals surface area (Å²) in [6.07, 6.45) is 3.62. The van der Waals surface area contributed by atoms with Crippen LogP contribution in [0.1, 0.15) is 5.76 Å². The molecule has 0 bridgehead atoms. The highest BCUT2D eigenvalue weighted by Gasteiger charge is 2.09. The lowest BCUT2D eigenvalue weighted by Crippen LogP contribution is -2.04. The summed E-state index contributed by atoms with van der Waals surface area (Å²) in [5.74, 6) is 0.806. The molecule has 108 valence electrons. The Balaban J connectivity index is 1.86. The first kappa shape index (κ1) is 14.7. The van der Waals surface area contributed by atoms with E-state index in [4.69, 9.17) is 16.0 Å². The third kappa shape index (κ3) is 3.33. The molecule has 3 aromatic rings. The van der Waals surface area contributed by atoms with E-state index in [1.807, 2.05) is 36.5 Å². The van der Waals surface area contributed by atoms with E-state index in [0.29, 0.717) is 16.2 Å². The molecule has 1 N–H and O–H groups in total. The van der Waals surface area contributed by atoms with Crippen LogP contribution in [0.5, 0.6) is 0 Å². The Morgan fingerprint density at radius 3 is 2.81 bits per heavy atom. The molecule has 3 rings (SSSR count). The quantitative estimate of drug-likeness (QED) is 0.613. The van der Waals surface area contributed by atoms with Crippen molar-refractivity contribution in [2.75, 3.05) is 5.32 Å². The van der Waals surface area contributed by atoms with Crippen molar-refractivity contribution >= 4 is 49.1 Å². The summed E-state index contributed by atoms with van der Waals surface area (Å²) in [6.45, 7) is 0.540. The minimum absolute atomic E-state index is 0.540. The molecular weight excluding hydrogens is 421 g/mol. The van der Waals surface area contributed by atoms with Gasteiger partial charge in [-0.15, -0.1) is 0 Å². The zero-order valence-corrected chi connectivity index (χ0v) is 14.6. The molecule has 0 unspecified atom stereocenters. The molecule has 21 heavy (non-hydrogen) atoms. The second-order valence-corrected chi connectivity index (χ2v) is 6.31. The van der Waals surface area contributed by atoms with Crippen molar-refractivity contribution < 1.29 is 4.42 Å². The van der Waals surface area contributed by atoms with E-state index in [0.717, 1.165) is 21.6 Å². The van der Waals surface area contributed by atoms with Gasteiger partial charge in [-0.25, -0.2) is 4.68 Å². The fourth-order valence-electron chi connectivity index (χ4n) is 1.92. The average molecular weight is 432 g/mol. The molecule has 1 aromatic carbocycles. The van der Waals surface area contributed by atoms with Crippen LogP contribution in [0.3, 0.4) is 0 Å². The van der Waals surface area contributed by atoms with Gasteiger partial charge in [-0.1, -0.05) is 11.6 Å². The van der Waals surface area contributed by atoms with Crippen molar-refractivity contribution in [3.63, 3.8) is 0 Å². The highest BCUT2D eigenvalue weighted by Crippen LogP contribution is 2.28. The highest BCUT2D eigenvalue weighted by molar-refractivity contribution is 9.13. The van der Waals surface area contributed by atoms with Crippen LogP contribution < -0.4 is 5.32 Å². The van der Waals surface area contributed by atoms with Gasteiger partial charge in [0.1, 0.15) is 5.76 Å². The largest absolute Gasteiger partial charge is 0.451 e. The Bertz CT molecular complexity index is 736. The highest BCUT2D eigenvalue weighted by atomic mass is 79.9. The first-order chi connectivity index (χ1) is 10.1. The van der Waals surface area contributed by atoms with Gasteiger partial charge in [0.05, 0.1) is 22.4 Å². The summed E-state index contributed by atoms with van der Waals surface area (Å²) in [6, 6.07) is 9.41. The van der Waals surface area contributed by atoms with Crippen LogP contribution in [0.4, 0.5) is 5.69 Å². The maximum Gasteiger partial charge on any atom is 0.183 e. The van der Waals surface area contributed by atoms with Crippen LogP contribution >= 0.6 is 43.5 Å². The van der Waals surface area contributed by atoms with Crippen LogP contribution in [-0.4, -0.2) is 9.78 Å². The second kappa shape index (κ2) is 6.25. The van der Waals surface area contributed by atoms with E-state index >= 15 is 0 Å². The number of furan rings is 1. The number of nitrogens with zero attached hydrogens (tertiary/aromatic N) is 2. The summed E-state index contributed by atoms with van der Waals surface area (Å²) < 4.78 is 8.90. The summed E-state index contributed by atoms with van der Waals surface area (Å²) in [5.41, 5.74) is 1.81. The van der Waals surface area contributed by atoms with Gasteiger partial charge in [0.25, 0.3) is 0 Å². The fraction of sp³-hybridized carbons (Fsp3) is 0.0714. The third-order valence-electron chi connectivity index (χ3n) is 2.86. The normalized spacial score (nSPS) is 10.8. The first-order valence-corrected chi connectivity index (χ1v) is 8.07. The molecular formula is C14H10Br2ClN3O. The van der Waals surface area contributed by atoms with E-state index in [1.165, 1.54) is 0 Å². The summed E-state index contributed by atoms with van der Waals surface area (Å²) in [5, 5.41) is 8.23. The number of aromatic nitrogens is 2. The number of hydrogen-bond acceptors (Lipinski definition) is 3. The fourth-order valence-corrected chi connectivity index (χ4v) is 2.75. The Labute approximate surface area is 143 Å². The molecule has 0 radical (unpaired) electrons. The Hall–Kier alpha value is -1.24. The van der Waals surface area contributed by atoms with Gasteiger partial charge in [0.15, 0.2) is 4.67 Å². The maximum absolute atomic E-state index is 6.08. The molecule has 0 aliphatic rings. The van der Waals surface area contributed by atoms with Crippen LogP contribution in [0.25, 0.3) is 5.69 Å². The van der Waals surface area contributed by atoms with Crippen molar-refractivity contribution in [2.24, 2.45) is 0 Å². The second-order valence-electron chi connectivity index (χ2n) is 4.30. The number of rotatable bonds is 4. The number of hydrogen-bond donors (Lipinski definition) is 1. The van der Waals surface area contributed by atoms with Gasteiger partial charge in [0.2, 0.25) is 0 Å². The Morgan fingerprint density at radius 2 is 2.14 bits per heavy atom. The van der Waals surface area contributed by atoms with Crippen LogP contribution in [0.15, 0.2) is 56.3 Å². The summed E-state index contributed by atoms with van der Waals surface area (Å²) >= 11 is 12.8. The van der Waals surface area contributed by atoms with Gasteiger partial charge >= 0.3 is 0 Å². The molecule has 2 aromatic heterocycles. The lowest BCUT2D eigenvalue weighted by molar-refractivity contribution is 0.494. The number of nitrogens with one attached hydrogen (secondary N) is 1. The molecule has 0 fully saturated rings. The van der Waals surface area contributed by atoms with Crippen LogP contribution in [-0.2, 0) is 6.54 Å². The van der Waals surface area contributed by atoms with E-state index in [1.54, 1.807) is 10.9 Å². The first-order valence-electron chi connectivity index (χ1n) is 6.10. The van der Waals surface area contributed by atoms with Crippen molar-refractivity contribution in [3.8, 4) is 5.69 Å². The summed E-state index contributed by atoms with van der Waals surface area (Å²) in [7, 11) is 0. The molecule has 0 saturated carbocycles. The van der Waals surface area contributed by atoms with E-state index in [-0.39, 0.29) is 0 Å². The molecule has 0 spiro atoms. The van der Waals surface area contributed by atoms with Crippen molar-refractivity contribution in [1.82, 2.24) is 9.78 Å². The molecule has 2 heterocycles. The minimum Gasteiger partial charge on any atom is -0.451 e. The Kier molecular flexibility index (Phi) is 4.37. The SMILES string of the molecule is Clc1ccc(-n2cccn2)c(NCc2cc(Br)c(Br)o2)c1. The molecule has 0 aliphatic heterocycles. The predicted molar refractivity (Wildman–Crippen MR) is 90.0 cm³/mol. The van der Waals surface area contributed by atoms with Crippen molar-refractivity contribution in [2.45, 2.75) is 6.54 Å². The van der Waals surface area contributed by atoms with Gasteiger partial charge in [0, 0.05) is 17.4 Å². The standard InChI is InChI=1S/C14H10Br2ClN3O/c15-11-7-10(21-14(11)16)8-18-12-6-9(17)2-3-13(12)20-5-1-4-19-20/h1-7,18H,8H2. The van der Waals surface area contributed by atoms with Gasteiger partial charge in [-0.3, -0.25) is 0 Å². The minimum atomic E-state index is 0.540. The molecule has 4 nitrogen and oxygen atoms in total. The zero-order chi connectivity index (χ0) is 14.8. The average Bonchev–Trinajstić information content (AvgIpc) is 3.08. The maximum atomic E-state index is 6.08. The number of anilines is 1. The van der Waals surface area contributed by atoms with Crippen LogP contribution in [0, 0.1) is 0 Å². The van der Waals surface area contributed by atoms with Crippen molar-refractivity contribution in [3.05, 3.63) is 62.7 Å². The molecule has 7 heteroatoms. The molecule has 0 aliphatic carbocycles. The Morgan fingerprint density at radius 1 is 1.29 bits per heavy atom. The zero-order valence-electron chi connectivity index (χ0n) is 10.7. The molecule has 0 atom stereocenters. The third-order valence-corrected chi connectivity index (χ3v) is 4.80. The van der Waals surface area contributed by atoms with Crippen LogP contribution in [0.2, 0.25) is 5.02 Å². The van der Waals surface area contributed by atoms with E-state index < -0.39 is 0 Å². The monoisotopic (exact) mass is 429 g/mol. The van der Waals surface area contributed by atoms with Gasteiger partial charge < -0.3 is 9.73 Å². The number of halogens is 3. The lowest BCUT2D eigenvalue weighted by Gasteiger charge is -2.11. The topological polar surface area (TPSA) is 43.0 Å². The van der Waals surface area contributed by atoms with Gasteiger partial charge in [-0.2, -0.15) is 5.10 Å². The van der Waals surface area contributed by atoms with E-state index in [9.17, 15) is 0 Å². The molecule has 0 amide bonds. The smallest absolute Gasteiger partial charge is 0.183 e. The molecule has 0 saturated heterocycles. The van der Waals surface area contributed by atoms with E-state index in [2.05, 4.69) is 42.3 Å². The predicted octanol–water partition coefficient (Wildman–Crippen LogP) is 5.26. The summed E-state index contributed by atoms with van der Waals surface area (Å²) in [4.78, 5) is 0. The lowest BCUT2D eigenvalue weighted by atomic mass is 10.2. The van der Waals surface area contributed by atoms with Gasteiger partial charge in [-0.05, 0) is 62.2 Å². The number of benzene rings is 1.